The summed E-state index contributed by atoms with van der Waals surface area (Å²) in [6.07, 6.45) is 0. The Labute approximate surface area is 231 Å². The van der Waals surface area contributed by atoms with E-state index in [-0.39, 0.29) is 33.6 Å². The number of benzene rings is 2. The Morgan fingerprint density at radius 1 is 0.923 bits per heavy atom. The lowest BCUT2D eigenvalue weighted by atomic mass is 10.2. The number of rotatable bonds is 10. The predicted octanol–water partition coefficient (Wildman–Crippen LogP) is 3.71. The van der Waals surface area contributed by atoms with Crippen LogP contribution in [0.2, 0.25) is 0 Å². The van der Waals surface area contributed by atoms with Crippen LogP contribution in [0.4, 0.5) is 0 Å². The summed E-state index contributed by atoms with van der Waals surface area (Å²) in [6, 6.07) is 10.5. The molecule has 0 N–H and O–H groups in total. The maximum atomic E-state index is 13.3. The van der Waals surface area contributed by atoms with Gasteiger partial charge in [0.25, 0.3) is 5.91 Å². The number of sulfonamides is 1. The van der Waals surface area contributed by atoms with E-state index in [1.807, 2.05) is 27.7 Å². The van der Waals surface area contributed by atoms with Gasteiger partial charge in [-0.05, 0) is 54.3 Å². The molecule has 0 saturated carbocycles. The molecule has 1 aromatic heterocycles. The molecule has 0 saturated heterocycles. The van der Waals surface area contributed by atoms with E-state index in [2.05, 4.69) is 4.99 Å². The highest BCUT2D eigenvalue weighted by molar-refractivity contribution is 7.89. The van der Waals surface area contributed by atoms with E-state index in [4.69, 9.17) is 9.47 Å². The topological polar surface area (TPSA) is 124 Å². The molecule has 0 unspecified atom stereocenters. The van der Waals surface area contributed by atoms with Gasteiger partial charge in [0, 0.05) is 18.7 Å². The maximum absolute atomic E-state index is 13.3. The fraction of sp³-hybridized carbons (Fsp3) is 0.407. The first-order chi connectivity index (χ1) is 18.4. The van der Waals surface area contributed by atoms with Crippen LogP contribution < -0.4 is 4.80 Å². The summed E-state index contributed by atoms with van der Waals surface area (Å²) in [4.78, 5) is 41.6. The molecule has 1 amide bonds. The summed E-state index contributed by atoms with van der Waals surface area (Å²) in [5.41, 5.74) is 1.09. The predicted molar refractivity (Wildman–Crippen MR) is 148 cm³/mol. The summed E-state index contributed by atoms with van der Waals surface area (Å²) in [5, 5.41) is 0. The van der Waals surface area contributed by atoms with Gasteiger partial charge >= 0.3 is 11.9 Å². The molecule has 0 bridgehead atoms. The summed E-state index contributed by atoms with van der Waals surface area (Å²) in [5.74, 6) is -1.37. The van der Waals surface area contributed by atoms with Gasteiger partial charge in [-0.3, -0.25) is 9.59 Å². The van der Waals surface area contributed by atoms with Crippen LogP contribution in [0.3, 0.4) is 0 Å². The van der Waals surface area contributed by atoms with E-state index >= 15 is 0 Å². The van der Waals surface area contributed by atoms with Gasteiger partial charge in [0.05, 0.1) is 34.9 Å². The van der Waals surface area contributed by atoms with Crippen molar-refractivity contribution in [1.29, 1.82) is 0 Å². The van der Waals surface area contributed by atoms with E-state index in [1.54, 1.807) is 18.2 Å². The van der Waals surface area contributed by atoms with E-state index in [9.17, 15) is 22.8 Å². The number of amides is 1. The lowest BCUT2D eigenvalue weighted by Gasteiger charge is -2.25. The van der Waals surface area contributed by atoms with Crippen LogP contribution in [-0.2, 0) is 30.8 Å². The van der Waals surface area contributed by atoms with Gasteiger partial charge in [-0.25, -0.2) is 13.2 Å². The highest BCUT2D eigenvalue weighted by Gasteiger charge is 2.26. The first-order valence-electron chi connectivity index (χ1n) is 12.3. The summed E-state index contributed by atoms with van der Waals surface area (Å²) in [7, 11) is -1.21. The van der Waals surface area contributed by atoms with Crippen LogP contribution >= 0.6 is 11.3 Å². The second kappa shape index (κ2) is 12.7. The average molecular weight is 576 g/mol. The van der Waals surface area contributed by atoms with E-state index in [1.165, 1.54) is 47.4 Å². The van der Waals surface area contributed by atoms with Gasteiger partial charge in [0.15, 0.2) is 4.80 Å². The van der Waals surface area contributed by atoms with Crippen LogP contribution in [0.1, 0.15) is 48.4 Å². The fourth-order valence-electron chi connectivity index (χ4n) is 3.91. The van der Waals surface area contributed by atoms with Gasteiger partial charge in [-0.1, -0.05) is 39.0 Å². The lowest BCUT2D eigenvalue weighted by molar-refractivity contribution is -0.141. The van der Waals surface area contributed by atoms with E-state index < -0.39 is 27.9 Å². The molecule has 3 aromatic rings. The van der Waals surface area contributed by atoms with E-state index in [0.29, 0.717) is 28.9 Å². The van der Waals surface area contributed by atoms with Crippen LogP contribution in [0.15, 0.2) is 52.4 Å². The SMILES string of the molecule is COC(=O)Cn1c(=NC(=O)c2ccc(S(=O)(=O)N(CC(C)C)CC(C)C)cc2)sc2cc(C(=O)OC)ccc21. The molecule has 0 atom stereocenters. The number of fused-ring (bicyclic) bond motifs is 1. The van der Waals surface area contributed by atoms with Crippen LogP contribution in [0, 0.1) is 11.8 Å². The minimum atomic E-state index is -3.75. The molecule has 10 nitrogen and oxygen atoms in total. The van der Waals surface area contributed by atoms with Crippen LogP contribution in [-0.4, -0.2) is 62.4 Å². The molecule has 3 rings (SSSR count). The molecule has 0 aliphatic heterocycles. The first kappa shape index (κ1) is 30.2. The molecule has 0 fully saturated rings. The van der Waals surface area contributed by atoms with Crippen molar-refractivity contribution < 1.29 is 32.3 Å². The quantitative estimate of drug-likeness (QED) is 0.338. The molecular formula is C27H33N3O7S2. The van der Waals surface area contributed by atoms with Gasteiger partial charge in [0.1, 0.15) is 6.54 Å². The second-order valence-electron chi connectivity index (χ2n) is 9.77. The number of ether oxygens (including phenoxy) is 2. The zero-order chi connectivity index (χ0) is 28.9. The highest BCUT2D eigenvalue weighted by Crippen LogP contribution is 2.22. The molecule has 39 heavy (non-hydrogen) atoms. The minimum Gasteiger partial charge on any atom is -0.468 e. The Morgan fingerprint density at radius 2 is 1.51 bits per heavy atom. The molecule has 0 spiro atoms. The Balaban J connectivity index is 2.00. The maximum Gasteiger partial charge on any atom is 0.337 e. The van der Waals surface area contributed by atoms with Crippen molar-refractivity contribution >= 4 is 49.4 Å². The number of aromatic nitrogens is 1. The van der Waals surface area contributed by atoms with Crippen molar-refractivity contribution in [3.8, 4) is 0 Å². The van der Waals surface area contributed by atoms with Gasteiger partial charge in [-0.15, -0.1) is 0 Å². The molecule has 12 heteroatoms. The van der Waals surface area contributed by atoms with Crippen LogP contribution in [0.5, 0.6) is 0 Å². The van der Waals surface area contributed by atoms with Gasteiger partial charge in [-0.2, -0.15) is 9.30 Å². The number of thiazole rings is 1. The summed E-state index contributed by atoms with van der Waals surface area (Å²) in [6.45, 7) is 8.43. The zero-order valence-corrected chi connectivity index (χ0v) is 24.5. The van der Waals surface area contributed by atoms with Gasteiger partial charge < -0.3 is 14.0 Å². The van der Waals surface area contributed by atoms with Crippen molar-refractivity contribution in [2.24, 2.45) is 16.8 Å². The number of hydrogen-bond donors (Lipinski definition) is 0. The number of carbonyl (C=O) groups excluding carboxylic acids is 3. The molecule has 2 aromatic carbocycles. The molecule has 1 heterocycles. The van der Waals surface area contributed by atoms with Crippen molar-refractivity contribution in [3.05, 3.63) is 58.4 Å². The third kappa shape index (κ3) is 7.20. The number of methoxy groups -OCH3 is 2. The monoisotopic (exact) mass is 575 g/mol. The first-order valence-corrected chi connectivity index (χ1v) is 14.6. The smallest absolute Gasteiger partial charge is 0.337 e. The minimum absolute atomic E-state index is 0.0957. The highest BCUT2D eigenvalue weighted by atomic mass is 32.2. The Kier molecular flexibility index (Phi) is 9.81. The zero-order valence-electron chi connectivity index (χ0n) is 22.8. The number of nitrogens with zero attached hydrogens (tertiary/aromatic N) is 3. The lowest BCUT2D eigenvalue weighted by Crippen LogP contribution is -2.37. The number of esters is 2. The molecule has 210 valence electrons. The van der Waals surface area contributed by atoms with Crippen molar-refractivity contribution in [3.63, 3.8) is 0 Å². The largest absolute Gasteiger partial charge is 0.468 e. The average Bonchev–Trinajstić information content (AvgIpc) is 3.22. The van der Waals surface area contributed by atoms with E-state index in [0.717, 1.165) is 11.3 Å². The normalized spacial score (nSPS) is 12.5. The molecular weight excluding hydrogens is 542 g/mol. The number of carbonyl (C=O) groups is 3. The standard InChI is InChI=1S/C27H33N3O7S2/c1-17(2)14-29(15-18(3)4)39(34,35)21-10-7-19(8-11-21)25(32)28-27-30(16-24(31)36-5)22-12-9-20(26(33)37-6)13-23(22)38-27/h7-13,17-18H,14-16H2,1-6H3. The fourth-order valence-corrected chi connectivity index (χ4v) is 6.74. The van der Waals surface area contributed by atoms with Crippen molar-refractivity contribution in [1.82, 2.24) is 8.87 Å². The van der Waals surface area contributed by atoms with Crippen LogP contribution in [0.25, 0.3) is 10.2 Å². The summed E-state index contributed by atoms with van der Waals surface area (Å²) < 4.78 is 39.8. The third-order valence-electron chi connectivity index (χ3n) is 5.69. The van der Waals surface area contributed by atoms with Crippen molar-refractivity contribution in [2.45, 2.75) is 39.1 Å². The second-order valence-corrected chi connectivity index (χ2v) is 12.7. The van der Waals surface area contributed by atoms with Gasteiger partial charge in [0.2, 0.25) is 10.0 Å². The number of hydrogen-bond acceptors (Lipinski definition) is 8. The Hall–Kier alpha value is -3.35. The van der Waals surface area contributed by atoms with Crippen molar-refractivity contribution in [2.75, 3.05) is 27.3 Å². The Morgan fingerprint density at radius 3 is 2.05 bits per heavy atom. The Bertz CT molecular complexity index is 1530. The molecule has 0 aliphatic carbocycles. The molecule has 0 aliphatic rings. The molecule has 0 radical (unpaired) electrons. The summed E-state index contributed by atoms with van der Waals surface area (Å²) >= 11 is 1.12. The third-order valence-corrected chi connectivity index (χ3v) is 8.58.